The van der Waals surface area contributed by atoms with Crippen LogP contribution in [0.1, 0.15) is 40.9 Å². The van der Waals surface area contributed by atoms with Crippen LogP contribution in [0.15, 0.2) is 35.6 Å². The van der Waals surface area contributed by atoms with Crippen LogP contribution in [0.2, 0.25) is 0 Å². The summed E-state index contributed by atoms with van der Waals surface area (Å²) in [7, 11) is 3.38. The summed E-state index contributed by atoms with van der Waals surface area (Å²) in [5.74, 6) is -0.0116. The predicted octanol–water partition coefficient (Wildman–Crippen LogP) is 2.12. The Morgan fingerprint density at radius 1 is 1.15 bits per heavy atom. The fourth-order valence-electron chi connectivity index (χ4n) is 2.94. The number of ketones is 1. The van der Waals surface area contributed by atoms with Crippen molar-refractivity contribution in [2.75, 3.05) is 14.1 Å². The molecule has 0 atom stereocenters. The van der Waals surface area contributed by atoms with Gasteiger partial charge in [-0.1, -0.05) is 0 Å². The maximum absolute atomic E-state index is 12.1. The summed E-state index contributed by atoms with van der Waals surface area (Å²) in [5, 5.41) is 0. The molecule has 26 heavy (non-hydrogen) atoms. The number of carbonyl (C=O) groups is 2. The van der Waals surface area contributed by atoms with Gasteiger partial charge in [-0.05, 0) is 30.7 Å². The second-order valence-corrected chi connectivity index (χ2v) is 6.69. The normalized spacial score (nSPS) is 12.5. The van der Waals surface area contributed by atoms with Crippen molar-refractivity contribution in [3.05, 3.63) is 58.7 Å². The van der Waals surface area contributed by atoms with E-state index in [1.165, 1.54) is 4.90 Å². The third-order valence-corrected chi connectivity index (χ3v) is 4.37. The number of Topliss-reactive ketones (excluding diaryl/α,β-unsaturated/α-hetero) is 1. The molecular formula is C20H22N4O2. The van der Waals surface area contributed by atoms with Crippen LogP contribution in [0.25, 0.3) is 0 Å². The van der Waals surface area contributed by atoms with Crippen molar-refractivity contribution in [3.63, 3.8) is 0 Å². The fourth-order valence-corrected chi connectivity index (χ4v) is 2.94. The zero-order valence-corrected chi connectivity index (χ0v) is 15.3. The number of amides is 1. The molecule has 2 aromatic heterocycles. The lowest BCUT2D eigenvalue weighted by molar-refractivity contribution is -0.130. The van der Waals surface area contributed by atoms with E-state index >= 15 is 0 Å². The number of aliphatic imine (C=N–C) groups is 1. The second-order valence-electron chi connectivity index (χ2n) is 6.69. The smallest absolute Gasteiger partial charge is 0.222 e. The number of aromatic nitrogens is 2. The SMILES string of the molecule is Cc1cc(C2=NCc3cc(CC(=O)CCC(=O)N(C)C)ncc32)ccn1. The van der Waals surface area contributed by atoms with E-state index in [-0.39, 0.29) is 31.0 Å². The van der Waals surface area contributed by atoms with E-state index in [9.17, 15) is 9.59 Å². The van der Waals surface area contributed by atoms with E-state index in [0.29, 0.717) is 6.54 Å². The molecule has 0 saturated carbocycles. The van der Waals surface area contributed by atoms with Crippen LogP contribution in [0.4, 0.5) is 0 Å². The molecule has 0 N–H and O–H groups in total. The molecule has 0 bridgehead atoms. The third kappa shape index (κ3) is 4.02. The van der Waals surface area contributed by atoms with E-state index in [1.54, 1.807) is 26.5 Å². The number of hydrogen-bond donors (Lipinski definition) is 0. The van der Waals surface area contributed by atoms with Gasteiger partial charge in [-0.25, -0.2) is 0 Å². The number of hydrogen-bond acceptors (Lipinski definition) is 5. The zero-order chi connectivity index (χ0) is 18.7. The van der Waals surface area contributed by atoms with Crippen molar-refractivity contribution < 1.29 is 9.59 Å². The first-order chi connectivity index (χ1) is 12.4. The molecule has 1 amide bonds. The highest BCUT2D eigenvalue weighted by molar-refractivity contribution is 6.15. The van der Waals surface area contributed by atoms with Crippen LogP contribution >= 0.6 is 0 Å². The monoisotopic (exact) mass is 350 g/mol. The molecule has 0 aromatic carbocycles. The van der Waals surface area contributed by atoms with Gasteiger partial charge in [0.2, 0.25) is 5.91 Å². The highest BCUT2D eigenvalue weighted by Gasteiger charge is 2.19. The molecule has 0 fully saturated rings. The minimum absolute atomic E-state index is 0.0246. The first kappa shape index (κ1) is 17.9. The Morgan fingerprint density at radius 2 is 1.96 bits per heavy atom. The number of carbonyl (C=O) groups excluding carboxylic acids is 2. The Morgan fingerprint density at radius 3 is 2.69 bits per heavy atom. The van der Waals surface area contributed by atoms with Gasteiger partial charge in [0, 0.05) is 68.3 Å². The lowest BCUT2D eigenvalue weighted by atomic mass is 10.0. The summed E-state index contributed by atoms with van der Waals surface area (Å²) >= 11 is 0. The number of nitrogens with zero attached hydrogens (tertiary/aromatic N) is 4. The van der Waals surface area contributed by atoms with Gasteiger partial charge < -0.3 is 4.90 Å². The summed E-state index contributed by atoms with van der Waals surface area (Å²) in [5.41, 5.74) is 5.72. The summed E-state index contributed by atoms with van der Waals surface area (Å²) < 4.78 is 0. The molecule has 6 heteroatoms. The Kier molecular flexibility index (Phi) is 5.21. The topological polar surface area (TPSA) is 75.5 Å². The molecule has 0 spiro atoms. The molecule has 134 valence electrons. The van der Waals surface area contributed by atoms with Gasteiger partial charge >= 0.3 is 0 Å². The van der Waals surface area contributed by atoms with Crippen molar-refractivity contribution in [3.8, 4) is 0 Å². The highest BCUT2D eigenvalue weighted by atomic mass is 16.2. The van der Waals surface area contributed by atoms with E-state index in [0.717, 1.165) is 33.8 Å². The molecule has 3 heterocycles. The van der Waals surface area contributed by atoms with E-state index < -0.39 is 0 Å². The number of rotatable bonds is 6. The summed E-state index contributed by atoms with van der Waals surface area (Å²) in [6.07, 6.45) is 4.31. The molecule has 0 saturated heterocycles. The van der Waals surface area contributed by atoms with E-state index in [4.69, 9.17) is 0 Å². The second kappa shape index (κ2) is 7.56. The van der Waals surface area contributed by atoms with Gasteiger partial charge in [0.15, 0.2) is 0 Å². The molecule has 6 nitrogen and oxygen atoms in total. The van der Waals surface area contributed by atoms with Crippen molar-refractivity contribution >= 4 is 17.4 Å². The van der Waals surface area contributed by atoms with Crippen LogP contribution in [-0.2, 0) is 22.6 Å². The Hall–Kier alpha value is -2.89. The molecule has 0 aliphatic carbocycles. The number of aryl methyl sites for hydroxylation is 1. The Bertz CT molecular complexity index is 887. The van der Waals surface area contributed by atoms with Crippen LogP contribution in [0, 0.1) is 6.92 Å². The molecular weight excluding hydrogens is 328 g/mol. The fraction of sp³-hybridized carbons (Fsp3) is 0.350. The Labute approximate surface area is 153 Å². The highest BCUT2D eigenvalue weighted by Crippen LogP contribution is 2.23. The third-order valence-electron chi connectivity index (χ3n) is 4.37. The van der Waals surface area contributed by atoms with Crippen LogP contribution in [0.5, 0.6) is 0 Å². The van der Waals surface area contributed by atoms with Gasteiger partial charge in [0.25, 0.3) is 0 Å². The average Bonchev–Trinajstić information content (AvgIpc) is 3.02. The number of pyridine rings is 2. The minimum atomic E-state index is -0.0362. The predicted molar refractivity (Wildman–Crippen MR) is 99.2 cm³/mol. The van der Waals surface area contributed by atoms with Crippen molar-refractivity contribution in [1.29, 1.82) is 0 Å². The van der Waals surface area contributed by atoms with Gasteiger partial charge in [-0.2, -0.15) is 0 Å². The van der Waals surface area contributed by atoms with Crippen LogP contribution in [-0.4, -0.2) is 46.4 Å². The standard InChI is InChI=1S/C20H22N4O2/c1-13-8-14(6-7-21-13)20-18-12-22-16(9-15(18)11-23-20)10-17(25)4-5-19(26)24(2)3/h6-9,12H,4-5,10-11H2,1-3H3. The molecule has 1 aliphatic rings. The van der Waals surface area contributed by atoms with E-state index in [1.807, 2.05) is 25.1 Å². The lowest BCUT2D eigenvalue weighted by Crippen LogP contribution is -2.22. The lowest BCUT2D eigenvalue weighted by Gasteiger charge is -2.09. The molecule has 3 rings (SSSR count). The van der Waals surface area contributed by atoms with Gasteiger partial charge in [0.1, 0.15) is 5.78 Å². The summed E-state index contributed by atoms with van der Waals surface area (Å²) in [4.78, 5) is 38.5. The maximum Gasteiger partial charge on any atom is 0.222 e. The van der Waals surface area contributed by atoms with Crippen LogP contribution < -0.4 is 0 Å². The van der Waals surface area contributed by atoms with Crippen molar-refractivity contribution in [2.45, 2.75) is 32.7 Å². The molecule has 1 aliphatic heterocycles. The van der Waals surface area contributed by atoms with Gasteiger partial charge in [-0.15, -0.1) is 0 Å². The first-order valence-electron chi connectivity index (χ1n) is 8.61. The van der Waals surface area contributed by atoms with Crippen molar-refractivity contribution in [1.82, 2.24) is 14.9 Å². The molecule has 0 unspecified atom stereocenters. The summed E-state index contributed by atoms with van der Waals surface area (Å²) in [6, 6.07) is 5.90. The van der Waals surface area contributed by atoms with Crippen LogP contribution in [0.3, 0.4) is 0 Å². The number of fused-ring (bicyclic) bond motifs is 1. The Balaban J connectivity index is 1.68. The average molecular weight is 350 g/mol. The maximum atomic E-state index is 12.1. The molecule has 2 aromatic rings. The minimum Gasteiger partial charge on any atom is -0.349 e. The molecule has 0 radical (unpaired) electrons. The largest absolute Gasteiger partial charge is 0.349 e. The van der Waals surface area contributed by atoms with E-state index in [2.05, 4.69) is 15.0 Å². The van der Waals surface area contributed by atoms with Gasteiger partial charge in [0.05, 0.1) is 12.3 Å². The van der Waals surface area contributed by atoms with Crippen molar-refractivity contribution in [2.24, 2.45) is 4.99 Å². The quantitative estimate of drug-likeness (QED) is 0.800. The zero-order valence-electron chi connectivity index (χ0n) is 15.3. The van der Waals surface area contributed by atoms with Gasteiger partial charge in [-0.3, -0.25) is 24.5 Å². The first-order valence-corrected chi connectivity index (χ1v) is 8.61. The summed E-state index contributed by atoms with van der Waals surface area (Å²) in [6.45, 7) is 2.54.